The molecule has 1 fully saturated rings. The van der Waals surface area contributed by atoms with Crippen LogP contribution in [-0.2, 0) is 4.74 Å². The van der Waals surface area contributed by atoms with Crippen LogP contribution in [0.3, 0.4) is 0 Å². The van der Waals surface area contributed by atoms with Crippen molar-refractivity contribution in [2.45, 2.75) is 39.2 Å². The van der Waals surface area contributed by atoms with Crippen LogP contribution in [-0.4, -0.2) is 55.2 Å². The van der Waals surface area contributed by atoms with E-state index in [-0.39, 0.29) is 12.2 Å². The third-order valence-electron chi connectivity index (χ3n) is 2.85. The highest BCUT2D eigenvalue weighted by atomic mass is 16.6. The summed E-state index contributed by atoms with van der Waals surface area (Å²) in [6.45, 7) is 7.79. The molecule has 0 unspecified atom stereocenters. The lowest BCUT2D eigenvalue weighted by molar-refractivity contribution is 0.113. The largest absolute Gasteiger partial charge is 0.443 e. The minimum Gasteiger partial charge on any atom is -0.443 e. The maximum atomic E-state index is 11.5. The van der Waals surface area contributed by atoms with Crippen LogP contribution in [0.15, 0.2) is 0 Å². The minimum atomic E-state index is -0.136. The lowest BCUT2D eigenvalue weighted by Crippen LogP contribution is -2.33. The van der Waals surface area contributed by atoms with Crippen molar-refractivity contribution in [1.82, 2.24) is 9.80 Å². The predicted octanol–water partition coefficient (Wildman–Crippen LogP) is 1.95. The highest BCUT2D eigenvalue weighted by molar-refractivity contribution is 5.69. The van der Waals surface area contributed by atoms with Gasteiger partial charge >= 0.3 is 6.09 Å². The summed E-state index contributed by atoms with van der Waals surface area (Å²) in [5.74, 6) is 0. The lowest BCUT2D eigenvalue weighted by Gasteiger charge is -2.18. The molecule has 94 valence electrons. The molecular formula is C12H24N2O2. The molecule has 0 aliphatic carbocycles. The second-order valence-electron chi connectivity index (χ2n) is 4.57. The van der Waals surface area contributed by atoms with Gasteiger partial charge in [-0.1, -0.05) is 20.3 Å². The SMILES string of the molecule is CCCCN1C[C@@H](CN(C)CCC)OC1=O. The molecular weight excluding hydrogens is 204 g/mol. The Balaban J connectivity index is 2.29. The molecule has 1 atom stereocenters. The summed E-state index contributed by atoms with van der Waals surface area (Å²) in [5, 5.41) is 0. The number of ether oxygens (including phenoxy) is 1. The van der Waals surface area contributed by atoms with Crippen molar-refractivity contribution >= 4 is 6.09 Å². The van der Waals surface area contributed by atoms with Crippen molar-refractivity contribution in [2.24, 2.45) is 0 Å². The third kappa shape index (κ3) is 4.00. The van der Waals surface area contributed by atoms with Crippen molar-refractivity contribution in [3.05, 3.63) is 0 Å². The van der Waals surface area contributed by atoms with Crippen LogP contribution in [0.5, 0.6) is 0 Å². The highest BCUT2D eigenvalue weighted by Crippen LogP contribution is 2.13. The molecule has 16 heavy (non-hydrogen) atoms. The predicted molar refractivity (Wildman–Crippen MR) is 64.5 cm³/mol. The highest BCUT2D eigenvalue weighted by Gasteiger charge is 2.30. The fourth-order valence-corrected chi connectivity index (χ4v) is 2.02. The number of hydrogen-bond donors (Lipinski definition) is 0. The molecule has 0 aromatic carbocycles. The van der Waals surface area contributed by atoms with E-state index in [0.29, 0.717) is 0 Å². The van der Waals surface area contributed by atoms with Crippen molar-refractivity contribution < 1.29 is 9.53 Å². The average Bonchev–Trinajstić information content (AvgIpc) is 2.56. The molecule has 1 aliphatic rings. The molecule has 0 saturated carbocycles. The first-order valence-corrected chi connectivity index (χ1v) is 6.31. The monoisotopic (exact) mass is 228 g/mol. The zero-order valence-electron chi connectivity index (χ0n) is 10.7. The molecule has 0 aromatic rings. The first-order valence-electron chi connectivity index (χ1n) is 6.31. The van der Waals surface area contributed by atoms with Crippen molar-refractivity contribution in [3.8, 4) is 0 Å². The van der Waals surface area contributed by atoms with Crippen LogP contribution in [0.1, 0.15) is 33.1 Å². The Labute approximate surface area is 98.5 Å². The molecule has 0 N–H and O–H groups in total. The smallest absolute Gasteiger partial charge is 0.410 e. The number of carbonyl (C=O) groups excluding carboxylic acids is 1. The van der Waals surface area contributed by atoms with E-state index in [4.69, 9.17) is 4.74 Å². The summed E-state index contributed by atoms with van der Waals surface area (Å²) in [6.07, 6.45) is 3.23. The van der Waals surface area contributed by atoms with Crippen LogP contribution < -0.4 is 0 Å². The average molecular weight is 228 g/mol. The minimum absolute atomic E-state index is 0.0564. The number of rotatable bonds is 7. The zero-order chi connectivity index (χ0) is 12.0. The number of hydrogen-bond acceptors (Lipinski definition) is 3. The Kier molecular flexibility index (Phi) is 5.60. The summed E-state index contributed by atoms with van der Waals surface area (Å²) in [6, 6.07) is 0. The molecule has 0 spiro atoms. The number of nitrogens with zero attached hydrogens (tertiary/aromatic N) is 2. The first kappa shape index (κ1) is 13.3. The van der Waals surface area contributed by atoms with Crippen LogP contribution in [0, 0.1) is 0 Å². The van der Waals surface area contributed by atoms with E-state index in [1.807, 2.05) is 4.90 Å². The van der Waals surface area contributed by atoms with Crippen molar-refractivity contribution in [1.29, 1.82) is 0 Å². The molecule has 4 nitrogen and oxygen atoms in total. The van der Waals surface area contributed by atoms with Gasteiger partial charge in [0.15, 0.2) is 0 Å². The molecule has 1 amide bonds. The van der Waals surface area contributed by atoms with E-state index in [0.717, 1.165) is 45.4 Å². The lowest BCUT2D eigenvalue weighted by atomic mass is 10.3. The van der Waals surface area contributed by atoms with Gasteiger partial charge in [-0.15, -0.1) is 0 Å². The molecule has 1 heterocycles. The molecule has 1 rings (SSSR count). The second kappa shape index (κ2) is 6.74. The van der Waals surface area contributed by atoms with Gasteiger partial charge < -0.3 is 14.5 Å². The summed E-state index contributed by atoms with van der Waals surface area (Å²) in [7, 11) is 2.08. The van der Waals surface area contributed by atoms with E-state index in [1.165, 1.54) is 0 Å². The maximum absolute atomic E-state index is 11.5. The maximum Gasteiger partial charge on any atom is 0.410 e. The van der Waals surface area contributed by atoms with Gasteiger partial charge in [-0.25, -0.2) is 4.79 Å². The Morgan fingerprint density at radius 2 is 2.19 bits per heavy atom. The molecule has 4 heteroatoms. The van der Waals surface area contributed by atoms with Crippen LogP contribution in [0.4, 0.5) is 4.79 Å². The molecule has 0 bridgehead atoms. The Bertz CT molecular complexity index is 221. The molecule has 1 aliphatic heterocycles. The first-order chi connectivity index (χ1) is 7.67. The standard InChI is InChI=1S/C12H24N2O2/c1-4-6-8-14-10-11(16-12(14)15)9-13(3)7-5-2/h11H,4-10H2,1-3H3/t11-/m1/s1. The quantitative estimate of drug-likeness (QED) is 0.667. The van der Waals surface area contributed by atoms with Gasteiger partial charge in [0.2, 0.25) is 0 Å². The molecule has 0 aromatic heterocycles. The number of likely N-dealkylation sites (N-methyl/N-ethyl adjacent to an activating group) is 1. The molecule has 0 radical (unpaired) electrons. The summed E-state index contributed by atoms with van der Waals surface area (Å²) < 4.78 is 5.33. The number of carbonyl (C=O) groups is 1. The van der Waals surface area contributed by atoms with Gasteiger partial charge in [0.1, 0.15) is 6.10 Å². The van der Waals surface area contributed by atoms with E-state index in [2.05, 4.69) is 25.8 Å². The fourth-order valence-electron chi connectivity index (χ4n) is 2.02. The van der Waals surface area contributed by atoms with E-state index >= 15 is 0 Å². The summed E-state index contributed by atoms with van der Waals surface area (Å²) in [5.41, 5.74) is 0. The Morgan fingerprint density at radius 1 is 1.44 bits per heavy atom. The molecule has 1 saturated heterocycles. The normalized spacial score (nSPS) is 20.6. The van der Waals surface area contributed by atoms with Gasteiger partial charge in [0.05, 0.1) is 6.54 Å². The summed E-state index contributed by atoms with van der Waals surface area (Å²) in [4.78, 5) is 15.6. The number of amides is 1. The topological polar surface area (TPSA) is 32.8 Å². The van der Waals surface area contributed by atoms with Crippen LogP contribution in [0.2, 0.25) is 0 Å². The van der Waals surface area contributed by atoms with E-state index in [9.17, 15) is 4.79 Å². The number of cyclic esters (lactones) is 1. The van der Waals surface area contributed by atoms with Gasteiger partial charge in [0, 0.05) is 13.1 Å². The van der Waals surface area contributed by atoms with Crippen LogP contribution >= 0.6 is 0 Å². The Hall–Kier alpha value is -0.770. The number of unbranched alkanes of at least 4 members (excludes halogenated alkanes) is 1. The van der Waals surface area contributed by atoms with E-state index < -0.39 is 0 Å². The van der Waals surface area contributed by atoms with Gasteiger partial charge in [0.25, 0.3) is 0 Å². The third-order valence-corrected chi connectivity index (χ3v) is 2.85. The van der Waals surface area contributed by atoms with Crippen molar-refractivity contribution in [3.63, 3.8) is 0 Å². The van der Waals surface area contributed by atoms with Gasteiger partial charge in [-0.3, -0.25) is 0 Å². The van der Waals surface area contributed by atoms with Gasteiger partial charge in [-0.05, 0) is 26.4 Å². The Morgan fingerprint density at radius 3 is 2.81 bits per heavy atom. The fraction of sp³-hybridized carbons (Fsp3) is 0.917. The van der Waals surface area contributed by atoms with E-state index in [1.54, 1.807) is 0 Å². The zero-order valence-corrected chi connectivity index (χ0v) is 10.7. The van der Waals surface area contributed by atoms with Crippen molar-refractivity contribution in [2.75, 3.05) is 33.2 Å². The second-order valence-corrected chi connectivity index (χ2v) is 4.57. The summed E-state index contributed by atoms with van der Waals surface area (Å²) >= 11 is 0. The van der Waals surface area contributed by atoms with Crippen LogP contribution in [0.25, 0.3) is 0 Å². The van der Waals surface area contributed by atoms with Gasteiger partial charge in [-0.2, -0.15) is 0 Å².